The van der Waals surface area contributed by atoms with E-state index in [-0.39, 0.29) is 12.0 Å². The van der Waals surface area contributed by atoms with Crippen LogP contribution in [-0.2, 0) is 4.74 Å². The fourth-order valence-corrected chi connectivity index (χ4v) is 3.07. The van der Waals surface area contributed by atoms with Gasteiger partial charge in [-0.3, -0.25) is 4.79 Å². The Labute approximate surface area is 144 Å². The van der Waals surface area contributed by atoms with Gasteiger partial charge in [0.05, 0.1) is 26.5 Å². The van der Waals surface area contributed by atoms with Gasteiger partial charge in [-0.25, -0.2) is 0 Å². The molecule has 1 atom stereocenters. The average molecular weight is 338 g/mol. The summed E-state index contributed by atoms with van der Waals surface area (Å²) in [6.07, 6.45) is 1.28. The molecule has 3 aromatic rings. The molecule has 0 spiro atoms. The summed E-state index contributed by atoms with van der Waals surface area (Å²) in [5.41, 5.74) is 1.38. The van der Waals surface area contributed by atoms with Gasteiger partial charge in [0.2, 0.25) is 0 Å². The molecule has 1 aliphatic heterocycles. The highest BCUT2D eigenvalue weighted by Crippen LogP contribution is 2.28. The molecule has 0 saturated carbocycles. The van der Waals surface area contributed by atoms with Gasteiger partial charge >= 0.3 is 0 Å². The Bertz CT molecular complexity index is 894. The Morgan fingerprint density at radius 1 is 1.28 bits per heavy atom. The first-order valence-corrected chi connectivity index (χ1v) is 8.09. The maximum atomic E-state index is 12.5. The Kier molecular flexibility index (Phi) is 4.07. The molecule has 0 unspecified atom stereocenters. The first-order valence-electron chi connectivity index (χ1n) is 8.09. The van der Waals surface area contributed by atoms with E-state index in [1.165, 1.54) is 6.20 Å². The van der Waals surface area contributed by atoms with E-state index in [9.17, 15) is 4.79 Å². The van der Waals surface area contributed by atoms with E-state index in [2.05, 4.69) is 27.5 Å². The largest absolute Gasteiger partial charge is 0.497 e. The van der Waals surface area contributed by atoms with Gasteiger partial charge in [0.15, 0.2) is 5.69 Å². The number of aromatic amines is 1. The molecule has 2 heterocycles. The molecule has 25 heavy (non-hydrogen) atoms. The predicted molar refractivity (Wildman–Crippen MR) is 91.5 cm³/mol. The highest BCUT2D eigenvalue weighted by molar-refractivity contribution is 5.92. The molecule has 128 valence electrons. The average Bonchev–Trinajstić information content (AvgIpc) is 3.21. The molecular weight excluding hydrogens is 320 g/mol. The van der Waals surface area contributed by atoms with Crippen LogP contribution in [0.5, 0.6) is 5.75 Å². The number of carbonyl (C=O) groups excluding carboxylic acids is 1. The first kappa shape index (κ1) is 15.6. The molecule has 1 aromatic heterocycles. The number of methoxy groups -OCH3 is 1. The van der Waals surface area contributed by atoms with Crippen molar-refractivity contribution >= 4 is 16.7 Å². The van der Waals surface area contributed by atoms with Gasteiger partial charge < -0.3 is 14.4 Å². The Balaban J connectivity index is 1.56. The Morgan fingerprint density at radius 3 is 2.92 bits per heavy atom. The normalized spacial score (nSPS) is 17.6. The van der Waals surface area contributed by atoms with Crippen LogP contribution >= 0.6 is 0 Å². The molecule has 0 radical (unpaired) electrons. The summed E-state index contributed by atoms with van der Waals surface area (Å²) >= 11 is 0. The summed E-state index contributed by atoms with van der Waals surface area (Å²) in [7, 11) is 1.66. The number of rotatable bonds is 3. The Morgan fingerprint density at radius 2 is 2.12 bits per heavy atom. The van der Waals surface area contributed by atoms with E-state index in [1.54, 1.807) is 12.0 Å². The van der Waals surface area contributed by atoms with Gasteiger partial charge in [0.25, 0.3) is 5.91 Å². The van der Waals surface area contributed by atoms with Crippen molar-refractivity contribution in [2.45, 2.75) is 6.10 Å². The zero-order valence-corrected chi connectivity index (χ0v) is 13.8. The second-order valence-electron chi connectivity index (χ2n) is 5.94. The number of aromatic nitrogens is 3. The smallest absolute Gasteiger partial charge is 0.276 e. The number of benzene rings is 2. The number of hydrogen-bond acceptors (Lipinski definition) is 5. The van der Waals surface area contributed by atoms with Crippen molar-refractivity contribution in [3.8, 4) is 5.75 Å². The third-order valence-corrected chi connectivity index (χ3v) is 4.43. The summed E-state index contributed by atoms with van der Waals surface area (Å²) < 4.78 is 11.2. The van der Waals surface area contributed by atoms with E-state index >= 15 is 0 Å². The minimum Gasteiger partial charge on any atom is -0.497 e. The molecule has 2 aromatic carbocycles. The topological polar surface area (TPSA) is 80.3 Å². The third kappa shape index (κ3) is 3.06. The van der Waals surface area contributed by atoms with Crippen LogP contribution in [0.4, 0.5) is 0 Å². The van der Waals surface area contributed by atoms with E-state index in [4.69, 9.17) is 9.47 Å². The molecule has 7 nitrogen and oxygen atoms in total. The first-order chi connectivity index (χ1) is 12.2. The zero-order valence-electron chi connectivity index (χ0n) is 13.8. The number of morpholine rings is 1. The van der Waals surface area contributed by atoms with Gasteiger partial charge in [-0.2, -0.15) is 15.4 Å². The SMILES string of the molecule is COc1ccc2cc([C@H]3CN(C(=O)c4cn[nH]n4)CCO3)ccc2c1. The van der Waals surface area contributed by atoms with Crippen molar-refractivity contribution in [2.75, 3.05) is 26.8 Å². The maximum Gasteiger partial charge on any atom is 0.276 e. The van der Waals surface area contributed by atoms with Crippen LogP contribution in [0.1, 0.15) is 22.2 Å². The van der Waals surface area contributed by atoms with Gasteiger partial charge in [0, 0.05) is 6.54 Å². The second kappa shape index (κ2) is 6.52. The van der Waals surface area contributed by atoms with Gasteiger partial charge in [-0.15, -0.1) is 0 Å². The quantitative estimate of drug-likeness (QED) is 0.792. The molecule has 0 bridgehead atoms. The highest BCUT2D eigenvalue weighted by atomic mass is 16.5. The van der Waals surface area contributed by atoms with Crippen LogP contribution in [0.15, 0.2) is 42.6 Å². The zero-order chi connectivity index (χ0) is 17.2. The lowest BCUT2D eigenvalue weighted by atomic mass is 10.0. The van der Waals surface area contributed by atoms with Crippen LogP contribution in [0.3, 0.4) is 0 Å². The summed E-state index contributed by atoms with van der Waals surface area (Å²) in [6.45, 7) is 1.54. The molecule has 1 fully saturated rings. The summed E-state index contributed by atoms with van der Waals surface area (Å²) in [5, 5.41) is 12.3. The number of ether oxygens (including phenoxy) is 2. The van der Waals surface area contributed by atoms with Gasteiger partial charge in [-0.1, -0.05) is 18.2 Å². The number of amides is 1. The van der Waals surface area contributed by atoms with Crippen LogP contribution in [-0.4, -0.2) is 53.0 Å². The van der Waals surface area contributed by atoms with Crippen LogP contribution in [0, 0.1) is 0 Å². The number of fused-ring (bicyclic) bond motifs is 1. The third-order valence-electron chi connectivity index (χ3n) is 4.43. The van der Waals surface area contributed by atoms with Crippen molar-refractivity contribution in [1.82, 2.24) is 20.3 Å². The number of carbonyl (C=O) groups is 1. The molecule has 1 aliphatic rings. The standard InChI is InChI=1S/C18H18N4O3/c1-24-15-5-4-12-8-14(3-2-13(12)9-15)17-11-22(6-7-25-17)18(23)16-10-19-21-20-16/h2-5,8-10,17H,6-7,11H2,1H3,(H,19,20,21)/t17-/m1/s1. The highest BCUT2D eigenvalue weighted by Gasteiger charge is 2.27. The number of nitrogens with one attached hydrogen (secondary N) is 1. The molecule has 1 saturated heterocycles. The second-order valence-corrected chi connectivity index (χ2v) is 5.94. The van der Waals surface area contributed by atoms with E-state index in [0.29, 0.717) is 25.4 Å². The number of nitrogens with zero attached hydrogens (tertiary/aromatic N) is 3. The monoisotopic (exact) mass is 338 g/mol. The van der Waals surface area contributed by atoms with E-state index in [0.717, 1.165) is 22.1 Å². The van der Waals surface area contributed by atoms with E-state index in [1.807, 2.05) is 24.3 Å². The van der Waals surface area contributed by atoms with Crippen molar-refractivity contribution < 1.29 is 14.3 Å². The fourth-order valence-electron chi connectivity index (χ4n) is 3.07. The van der Waals surface area contributed by atoms with Crippen molar-refractivity contribution in [2.24, 2.45) is 0 Å². The molecular formula is C18H18N4O3. The lowest BCUT2D eigenvalue weighted by Crippen LogP contribution is -2.42. The molecule has 4 rings (SSSR count). The molecule has 1 N–H and O–H groups in total. The van der Waals surface area contributed by atoms with Crippen LogP contribution in [0.25, 0.3) is 10.8 Å². The van der Waals surface area contributed by atoms with Crippen molar-refractivity contribution in [3.63, 3.8) is 0 Å². The maximum absolute atomic E-state index is 12.5. The van der Waals surface area contributed by atoms with Crippen molar-refractivity contribution in [3.05, 3.63) is 53.9 Å². The van der Waals surface area contributed by atoms with Crippen molar-refractivity contribution in [1.29, 1.82) is 0 Å². The summed E-state index contributed by atoms with van der Waals surface area (Å²) in [4.78, 5) is 14.2. The number of hydrogen-bond donors (Lipinski definition) is 1. The van der Waals surface area contributed by atoms with Gasteiger partial charge in [0.1, 0.15) is 11.9 Å². The van der Waals surface area contributed by atoms with Crippen LogP contribution < -0.4 is 4.74 Å². The summed E-state index contributed by atoms with van der Waals surface area (Å²) in [6, 6.07) is 12.2. The Hall–Kier alpha value is -2.93. The van der Waals surface area contributed by atoms with Crippen LogP contribution in [0.2, 0.25) is 0 Å². The fraction of sp³-hybridized carbons (Fsp3) is 0.278. The lowest BCUT2D eigenvalue weighted by Gasteiger charge is -2.32. The molecule has 0 aliphatic carbocycles. The molecule has 1 amide bonds. The predicted octanol–water partition coefficient (Wildman–Crippen LogP) is 2.18. The molecule has 7 heteroatoms. The van der Waals surface area contributed by atoms with E-state index < -0.39 is 0 Å². The minimum atomic E-state index is -0.156. The summed E-state index contributed by atoms with van der Waals surface area (Å²) in [5.74, 6) is 0.700. The van der Waals surface area contributed by atoms with Gasteiger partial charge in [-0.05, 0) is 34.5 Å². The lowest BCUT2D eigenvalue weighted by molar-refractivity contribution is -0.0229. The number of H-pyrrole nitrogens is 1. The minimum absolute atomic E-state index is 0.132.